The van der Waals surface area contributed by atoms with Gasteiger partial charge in [-0.25, -0.2) is 14.8 Å². The summed E-state index contributed by atoms with van der Waals surface area (Å²) in [6, 6.07) is 14.9. The van der Waals surface area contributed by atoms with Crippen LogP contribution in [0.15, 0.2) is 66.3 Å². The number of benzene rings is 1. The summed E-state index contributed by atoms with van der Waals surface area (Å²) in [5.41, 5.74) is 3.23. The van der Waals surface area contributed by atoms with Crippen molar-refractivity contribution in [1.82, 2.24) is 24.8 Å². The molecule has 1 atom stereocenters. The molecule has 5 heterocycles. The van der Waals surface area contributed by atoms with E-state index in [2.05, 4.69) is 32.7 Å². The maximum absolute atomic E-state index is 13.5. The standard InChI is InChI=1S/C31H34FN7O3S/c1-33-31(41)37-16-11-24(12-17-37)42-23-8-6-22(7-9-23)39-15-3-4-26(39)25-20-43-30(35-25)36-29(40)27-5-2-14-38(27)19-21-10-13-34-28(32)18-21/h2,5-10,13-14,18,20,24,26H,3-4,11-12,15-17,19H2,1H3,(H,33,41)(H,35,36,40)/t26-/m1/s1. The van der Waals surface area contributed by atoms with Crippen LogP contribution in [-0.2, 0) is 6.54 Å². The Morgan fingerprint density at radius 3 is 2.67 bits per heavy atom. The van der Waals surface area contributed by atoms with Crippen LogP contribution in [0.4, 0.5) is 20.0 Å². The second kappa shape index (κ2) is 12.8. The highest BCUT2D eigenvalue weighted by molar-refractivity contribution is 7.14. The molecule has 0 unspecified atom stereocenters. The van der Waals surface area contributed by atoms with Gasteiger partial charge in [-0.3, -0.25) is 10.1 Å². The number of ether oxygens (including phenoxy) is 1. The largest absolute Gasteiger partial charge is 0.490 e. The van der Waals surface area contributed by atoms with E-state index in [9.17, 15) is 14.0 Å². The predicted molar refractivity (Wildman–Crippen MR) is 163 cm³/mol. The van der Waals surface area contributed by atoms with Crippen molar-refractivity contribution in [3.63, 3.8) is 0 Å². The van der Waals surface area contributed by atoms with Gasteiger partial charge in [-0.15, -0.1) is 11.3 Å². The fourth-order valence-corrected chi connectivity index (χ4v) is 6.53. The number of nitrogens with one attached hydrogen (secondary N) is 2. The summed E-state index contributed by atoms with van der Waals surface area (Å²) in [6.07, 6.45) is 6.95. The number of piperidine rings is 1. The monoisotopic (exact) mass is 603 g/mol. The normalized spacial score (nSPS) is 17.2. The first kappa shape index (κ1) is 28.7. The van der Waals surface area contributed by atoms with Crippen LogP contribution in [0.25, 0.3) is 0 Å². The van der Waals surface area contributed by atoms with Crippen molar-refractivity contribution >= 4 is 34.1 Å². The lowest BCUT2D eigenvalue weighted by atomic mass is 10.1. The number of hydrogen-bond acceptors (Lipinski definition) is 7. The molecule has 0 radical (unpaired) electrons. The number of rotatable bonds is 8. The van der Waals surface area contributed by atoms with Crippen molar-refractivity contribution in [1.29, 1.82) is 0 Å². The smallest absolute Gasteiger partial charge is 0.317 e. The molecule has 3 amide bonds. The van der Waals surface area contributed by atoms with Crippen LogP contribution in [0.2, 0.25) is 0 Å². The molecule has 0 spiro atoms. The molecule has 2 saturated heterocycles. The zero-order chi connectivity index (χ0) is 29.8. The third-order valence-corrected chi connectivity index (χ3v) is 8.73. The number of thiazole rings is 1. The number of nitrogens with zero attached hydrogens (tertiary/aromatic N) is 5. The molecule has 0 saturated carbocycles. The summed E-state index contributed by atoms with van der Waals surface area (Å²) >= 11 is 1.41. The lowest BCUT2D eigenvalue weighted by Gasteiger charge is -2.32. The summed E-state index contributed by atoms with van der Waals surface area (Å²) in [5, 5.41) is 8.18. The van der Waals surface area contributed by atoms with Gasteiger partial charge in [0.25, 0.3) is 5.91 Å². The molecule has 1 aromatic carbocycles. The van der Waals surface area contributed by atoms with Crippen molar-refractivity contribution in [2.45, 2.75) is 44.4 Å². The molecule has 43 heavy (non-hydrogen) atoms. The van der Waals surface area contributed by atoms with Crippen LogP contribution in [0, 0.1) is 5.95 Å². The van der Waals surface area contributed by atoms with Gasteiger partial charge < -0.3 is 24.4 Å². The number of anilines is 2. The Balaban J connectivity index is 1.06. The number of carbonyl (C=O) groups is 2. The Kier molecular flexibility index (Phi) is 8.55. The van der Waals surface area contributed by atoms with E-state index in [4.69, 9.17) is 9.72 Å². The molecule has 0 aliphatic carbocycles. The average Bonchev–Trinajstić information content (AvgIpc) is 3.79. The first-order chi connectivity index (χ1) is 21.0. The maximum atomic E-state index is 13.5. The summed E-state index contributed by atoms with van der Waals surface area (Å²) in [6.45, 7) is 2.66. The molecular formula is C31H34FN7O3S. The van der Waals surface area contributed by atoms with E-state index >= 15 is 0 Å². The van der Waals surface area contributed by atoms with Crippen LogP contribution in [-0.4, -0.2) is 64.2 Å². The van der Waals surface area contributed by atoms with Crippen molar-refractivity contribution < 1.29 is 18.7 Å². The molecule has 12 heteroatoms. The Labute approximate surface area is 253 Å². The Morgan fingerprint density at radius 1 is 1.09 bits per heavy atom. The Bertz CT molecular complexity index is 1570. The number of likely N-dealkylation sites (tertiary alicyclic amines) is 1. The highest BCUT2D eigenvalue weighted by Crippen LogP contribution is 2.38. The fraction of sp³-hybridized carbons (Fsp3) is 0.355. The first-order valence-corrected chi connectivity index (χ1v) is 15.4. The lowest BCUT2D eigenvalue weighted by molar-refractivity contribution is 0.101. The molecule has 4 aromatic rings. The Morgan fingerprint density at radius 2 is 1.91 bits per heavy atom. The van der Waals surface area contributed by atoms with Gasteiger partial charge in [-0.2, -0.15) is 4.39 Å². The SMILES string of the molecule is CNC(=O)N1CCC(Oc2ccc(N3CCC[C@@H]3c3csc(NC(=O)c4cccn4Cc4ccnc(F)c4)n3)cc2)CC1. The third kappa shape index (κ3) is 6.64. The van der Waals surface area contributed by atoms with Crippen LogP contribution in [0.3, 0.4) is 0 Å². The number of halogens is 1. The molecule has 224 valence electrons. The quantitative estimate of drug-likeness (QED) is 0.265. The molecule has 0 bridgehead atoms. The second-order valence-corrected chi connectivity index (χ2v) is 11.6. The molecule has 2 aliphatic rings. The predicted octanol–water partition coefficient (Wildman–Crippen LogP) is 5.30. The molecule has 10 nitrogen and oxygen atoms in total. The van der Waals surface area contributed by atoms with Gasteiger partial charge in [0, 0.05) is 69.5 Å². The summed E-state index contributed by atoms with van der Waals surface area (Å²) in [7, 11) is 1.65. The van der Waals surface area contributed by atoms with Crippen molar-refractivity contribution in [3.8, 4) is 5.75 Å². The zero-order valence-corrected chi connectivity index (χ0v) is 24.7. The lowest BCUT2D eigenvalue weighted by Crippen LogP contribution is -2.45. The van der Waals surface area contributed by atoms with E-state index in [1.165, 1.54) is 23.6 Å². The maximum Gasteiger partial charge on any atom is 0.317 e. The fourth-order valence-electron chi connectivity index (χ4n) is 5.78. The number of aromatic nitrogens is 3. The van der Waals surface area contributed by atoms with Gasteiger partial charge in [0.05, 0.1) is 11.7 Å². The molecule has 2 aliphatic heterocycles. The van der Waals surface area contributed by atoms with Gasteiger partial charge in [-0.05, 0) is 66.9 Å². The van der Waals surface area contributed by atoms with Gasteiger partial charge in [-0.1, -0.05) is 0 Å². The number of carbonyl (C=O) groups excluding carboxylic acids is 2. The van der Waals surface area contributed by atoms with Gasteiger partial charge >= 0.3 is 6.03 Å². The summed E-state index contributed by atoms with van der Waals surface area (Å²) < 4.78 is 21.5. The Hall–Kier alpha value is -4.45. The van der Waals surface area contributed by atoms with Crippen LogP contribution in [0.5, 0.6) is 5.75 Å². The van der Waals surface area contributed by atoms with Crippen molar-refractivity contribution in [3.05, 3.63) is 89.2 Å². The minimum absolute atomic E-state index is 0.0384. The highest BCUT2D eigenvalue weighted by atomic mass is 32.1. The van der Waals surface area contributed by atoms with Gasteiger partial charge in [0.15, 0.2) is 5.13 Å². The van der Waals surface area contributed by atoms with Crippen molar-refractivity contribution in [2.24, 2.45) is 0 Å². The summed E-state index contributed by atoms with van der Waals surface area (Å²) in [4.78, 5) is 37.5. The number of hydrogen-bond donors (Lipinski definition) is 2. The number of amides is 3. The number of urea groups is 1. The molecule has 6 rings (SSSR count). The van der Waals surface area contributed by atoms with Gasteiger partial charge in [0.1, 0.15) is 17.5 Å². The average molecular weight is 604 g/mol. The van der Waals surface area contributed by atoms with Gasteiger partial charge in [0.2, 0.25) is 5.95 Å². The van der Waals surface area contributed by atoms with E-state index in [0.29, 0.717) is 30.5 Å². The van der Waals surface area contributed by atoms with Crippen LogP contribution in [0.1, 0.15) is 53.5 Å². The van der Waals surface area contributed by atoms with E-state index in [1.807, 2.05) is 22.4 Å². The summed E-state index contributed by atoms with van der Waals surface area (Å²) in [5.74, 6) is 0.0151. The minimum Gasteiger partial charge on any atom is -0.490 e. The van der Waals surface area contributed by atoms with E-state index in [-0.39, 0.29) is 24.1 Å². The van der Waals surface area contributed by atoms with E-state index in [1.54, 1.807) is 36.0 Å². The third-order valence-electron chi connectivity index (χ3n) is 7.96. The van der Waals surface area contributed by atoms with Crippen molar-refractivity contribution in [2.75, 3.05) is 36.9 Å². The first-order valence-electron chi connectivity index (χ1n) is 14.5. The highest BCUT2D eigenvalue weighted by Gasteiger charge is 2.29. The molecule has 2 N–H and O–H groups in total. The molecular weight excluding hydrogens is 569 g/mol. The van der Waals surface area contributed by atoms with E-state index in [0.717, 1.165) is 54.9 Å². The zero-order valence-electron chi connectivity index (χ0n) is 23.9. The van der Waals surface area contributed by atoms with Crippen LogP contribution >= 0.6 is 11.3 Å². The number of pyridine rings is 1. The van der Waals surface area contributed by atoms with Crippen LogP contribution < -0.4 is 20.3 Å². The molecule has 3 aromatic heterocycles. The second-order valence-electron chi connectivity index (χ2n) is 10.7. The minimum atomic E-state index is -0.549. The molecule has 2 fully saturated rings. The topological polar surface area (TPSA) is 105 Å². The van der Waals surface area contributed by atoms with E-state index < -0.39 is 5.95 Å².